The summed E-state index contributed by atoms with van der Waals surface area (Å²) < 4.78 is 24.0. The number of nitrogens with one attached hydrogen (secondary N) is 1. The number of carbonyl (C=O) groups is 1. The van der Waals surface area contributed by atoms with E-state index in [-0.39, 0.29) is 10.8 Å². The van der Waals surface area contributed by atoms with Gasteiger partial charge in [-0.3, -0.25) is 4.79 Å². The Morgan fingerprint density at radius 2 is 1.96 bits per heavy atom. The van der Waals surface area contributed by atoms with Crippen molar-refractivity contribution >= 4 is 65.8 Å². The molecule has 1 aromatic heterocycles. The minimum atomic E-state index is -3.27. The normalized spacial score (nSPS) is 11.6. The van der Waals surface area contributed by atoms with E-state index >= 15 is 0 Å². The van der Waals surface area contributed by atoms with Crippen molar-refractivity contribution in [2.24, 2.45) is 0 Å². The van der Waals surface area contributed by atoms with Crippen LogP contribution in [-0.4, -0.2) is 31.3 Å². The van der Waals surface area contributed by atoms with E-state index in [1.54, 1.807) is 23.9 Å². The number of halogens is 1. The maximum absolute atomic E-state index is 12.1. The van der Waals surface area contributed by atoms with E-state index in [1.807, 2.05) is 24.3 Å². The minimum absolute atomic E-state index is 0.103. The van der Waals surface area contributed by atoms with Gasteiger partial charge in [-0.15, -0.1) is 11.8 Å². The summed E-state index contributed by atoms with van der Waals surface area (Å²) in [6.45, 7) is 0. The first kappa shape index (κ1) is 20.1. The van der Waals surface area contributed by atoms with E-state index < -0.39 is 9.84 Å². The Labute approximate surface area is 171 Å². The number of carbonyl (C=O) groups excluding carboxylic acids is 1. The molecule has 0 atom stereocenters. The van der Waals surface area contributed by atoms with Crippen molar-refractivity contribution in [2.75, 3.05) is 17.3 Å². The zero-order valence-corrected chi connectivity index (χ0v) is 17.6. The first-order valence-corrected chi connectivity index (χ1v) is 12.2. The molecule has 1 amide bonds. The van der Waals surface area contributed by atoms with Gasteiger partial charge in [-0.05, 0) is 54.6 Å². The number of fused-ring (bicyclic) bond motifs is 1. The summed E-state index contributed by atoms with van der Waals surface area (Å²) in [6.07, 6.45) is 2.30. The van der Waals surface area contributed by atoms with E-state index in [9.17, 15) is 13.2 Å². The third-order valence-corrected chi connectivity index (χ3v) is 7.06. The Bertz CT molecular complexity index is 1060. The van der Waals surface area contributed by atoms with Crippen molar-refractivity contribution in [2.45, 2.75) is 22.6 Å². The minimum Gasteiger partial charge on any atom is -0.302 e. The van der Waals surface area contributed by atoms with Gasteiger partial charge < -0.3 is 5.32 Å². The van der Waals surface area contributed by atoms with Gasteiger partial charge in [0.05, 0.1) is 15.1 Å². The van der Waals surface area contributed by atoms with Gasteiger partial charge in [0.2, 0.25) is 5.91 Å². The van der Waals surface area contributed by atoms with Gasteiger partial charge in [-0.1, -0.05) is 22.9 Å². The Kier molecular flexibility index (Phi) is 6.41. The quantitative estimate of drug-likeness (QED) is 0.419. The third-order valence-electron chi connectivity index (χ3n) is 3.66. The molecular weight excluding hydrogens is 424 g/mol. The number of hydrogen-bond acceptors (Lipinski definition) is 6. The molecule has 0 bridgehead atoms. The molecule has 0 aliphatic rings. The summed E-state index contributed by atoms with van der Waals surface area (Å²) in [4.78, 5) is 17.8. The number of hydrogen-bond donors (Lipinski definition) is 1. The molecule has 0 fully saturated rings. The first-order valence-electron chi connectivity index (χ1n) is 8.10. The highest BCUT2D eigenvalue weighted by Gasteiger charge is 2.12. The average Bonchev–Trinajstić information content (AvgIpc) is 3.00. The van der Waals surface area contributed by atoms with E-state index in [2.05, 4.69) is 10.3 Å². The Morgan fingerprint density at radius 1 is 1.22 bits per heavy atom. The van der Waals surface area contributed by atoms with E-state index in [0.29, 0.717) is 22.1 Å². The summed E-state index contributed by atoms with van der Waals surface area (Å²) in [7, 11) is -3.27. The first-order chi connectivity index (χ1) is 12.8. The number of benzene rings is 2. The van der Waals surface area contributed by atoms with E-state index in [0.717, 1.165) is 21.8 Å². The largest absolute Gasteiger partial charge is 0.302 e. The molecular formula is C18H17ClN2O3S3. The van der Waals surface area contributed by atoms with Gasteiger partial charge in [0, 0.05) is 22.6 Å². The van der Waals surface area contributed by atoms with Crippen LogP contribution in [0.15, 0.2) is 52.3 Å². The highest BCUT2D eigenvalue weighted by Crippen LogP contribution is 2.28. The lowest BCUT2D eigenvalue weighted by Crippen LogP contribution is -2.11. The molecule has 5 nitrogen and oxygen atoms in total. The number of aromatic nitrogens is 1. The smallest absolute Gasteiger partial charge is 0.226 e. The molecule has 27 heavy (non-hydrogen) atoms. The molecule has 0 saturated heterocycles. The van der Waals surface area contributed by atoms with Crippen LogP contribution < -0.4 is 5.32 Å². The van der Waals surface area contributed by atoms with Crippen LogP contribution >= 0.6 is 34.7 Å². The van der Waals surface area contributed by atoms with Crippen LogP contribution in [0, 0.1) is 0 Å². The van der Waals surface area contributed by atoms with Crippen LogP contribution in [-0.2, 0) is 14.6 Å². The maximum atomic E-state index is 12.1. The molecule has 0 spiro atoms. The van der Waals surface area contributed by atoms with E-state index in [1.165, 1.54) is 23.7 Å². The SMILES string of the molecule is CS(=O)(=O)c1ccc2nc(NC(=O)CCCSc3ccc(Cl)cc3)sc2c1. The zero-order chi connectivity index (χ0) is 19.4. The van der Waals surface area contributed by atoms with Crippen LogP contribution in [0.4, 0.5) is 5.13 Å². The second-order valence-electron chi connectivity index (χ2n) is 5.87. The molecule has 142 valence electrons. The van der Waals surface area contributed by atoms with Crippen LogP contribution in [0.3, 0.4) is 0 Å². The second kappa shape index (κ2) is 8.60. The van der Waals surface area contributed by atoms with Gasteiger partial charge in [0.15, 0.2) is 15.0 Å². The lowest BCUT2D eigenvalue weighted by atomic mass is 10.3. The second-order valence-corrected chi connectivity index (χ2v) is 10.5. The summed E-state index contributed by atoms with van der Waals surface area (Å²) in [5.41, 5.74) is 0.668. The van der Waals surface area contributed by atoms with Crippen molar-refractivity contribution in [1.29, 1.82) is 0 Å². The maximum Gasteiger partial charge on any atom is 0.226 e. The predicted octanol–water partition coefficient (Wildman–Crippen LogP) is 4.86. The number of amides is 1. The molecule has 0 aliphatic carbocycles. The molecule has 1 N–H and O–H groups in total. The Morgan fingerprint density at radius 3 is 2.67 bits per heavy atom. The van der Waals surface area contributed by atoms with E-state index in [4.69, 9.17) is 11.6 Å². The fourth-order valence-corrected chi connectivity index (χ4v) is 4.95. The predicted molar refractivity (Wildman–Crippen MR) is 113 cm³/mol. The molecule has 0 radical (unpaired) electrons. The van der Waals surface area contributed by atoms with Crippen molar-refractivity contribution in [3.8, 4) is 0 Å². The van der Waals surface area contributed by atoms with Crippen molar-refractivity contribution in [1.82, 2.24) is 4.98 Å². The number of thiazole rings is 1. The van der Waals surface area contributed by atoms with Gasteiger partial charge >= 0.3 is 0 Å². The molecule has 1 heterocycles. The molecule has 0 saturated carbocycles. The molecule has 3 rings (SSSR count). The fraction of sp³-hybridized carbons (Fsp3) is 0.222. The Hall–Kier alpha value is -1.61. The summed E-state index contributed by atoms with van der Waals surface area (Å²) in [5.74, 6) is 0.723. The molecule has 0 unspecified atom stereocenters. The number of sulfone groups is 1. The van der Waals surface area contributed by atoms with Crippen molar-refractivity contribution < 1.29 is 13.2 Å². The summed E-state index contributed by atoms with van der Waals surface area (Å²) in [6, 6.07) is 12.4. The van der Waals surface area contributed by atoms with Crippen molar-refractivity contribution in [3.05, 3.63) is 47.5 Å². The topological polar surface area (TPSA) is 76.1 Å². The Balaban J connectivity index is 1.52. The molecule has 2 aromatic carbocycles. The highest BCUT2D eigenvalue weighted by molar-refractivity contribution is 7.99. The van der Waals surface area contributed by atoms with Gasteiger partial charge in [-0.2, -0.15) is 0 Å². The van der Waals surface area contributed by atoms with Crippen LogP contribution in [0.5, 0.6) is 0 Å². The lowest BCUT2D eigenvalue weighted by Gasteiger charge is -2.02. The number of nitrogens with zero attached hydrogens (tertiary/aromatic N) is 1. The number of anilines is 1. The molecule has 3 aromatic rings. The third kappa shape index (κ3) is 5.68. The van der Waals surface area contributed by atoms with Gasteiger partial charge in [-0.25, -0.2) is 13.4 Å². The van der Waals surface area contributed by atoms with Crippen LogP contribution in [0.25, 0.3) is 10.2 Å². The summed E-state index contributed by atoms with van der Waals surface area (Å²) >= 11 is 8.80. The lowest BCUT2D eigenvalue weighted by molar-refractivity contribution is -0.116. The highest BCUT2D eigenvalue weighted by atomic mass is 35.5. The van der Waals surface area contributed by atoms with Crippen molar-refractivity contribution in [3.63, 3.8) is 0 Å². The average molecular weight is 441 g/mol. The standard InChI is InChI=1S/C18H17ClN2O3S3/c1-27(23,24)14-8-9-15-16(11-14)26-18(20-15)21-17(22)3-2-10-25-13-6-4-12(19)5-7-13/h4-9,11H,2-3,10H2,1H3,(H,20,21,22). The zero-order valence-electron chi connectivity index (χ0n) is 14.4. The molecule has 9 heteroatoms. The number of thioether (sulfide) groups is 1. The van der Waals surface area contributed by atoms with Crippen LogP contribution in [0.2, 0.25) is 5.02 Å². The number of rotatable bonds is 7. The van der Waals surface area contributed by atoms with Gasteiger partial charge in [0.1, 0.15) is 0 Å². The summed E-state index contributed by atoms with van der Waals surface area (Å²) in [5, 5.41) is 3.97. The monoisotopic (exact) mass is 440 g/mol. The molecule has 0 aliphatic heterocycles. The van der Waals surface area contributed by atoms with Gasteiger partial charge in [0.25, 0.3) is 0 Å². The van der Waals surface area contributed by atoms with Crippen LogP contribution in [0.1, 0.15) is 12.8 Å². The fourth-order valence-electron chi connectivity index (χ4n) is 2.32.